The first-order valence-electron chi connectivity index (χ1n) is 4.18. The second-order valence-electron chi connectivity index (χ2n) is 3.06. The van der Waals surface area contributed by atoms with Crippen molar-refractivity contribution < 1.29 is 4.92 Å². The fourth-order valence-electron chi connectivity index (χ4n) is 1.49. The Morgan fingerprint density at radius 3 is 2.73 bits per heavy atom. The van der Waals surface area contributed by atoms with Crippen LogP contribution in [0.4, 0.5) is 17.1 Å². The molecule has 6 nitrogen and oxygen atoms in total. The Balaban J connectivity index is 2.96. The van der Waals surface area contributed by atoms with E-state index in [0.29, 0.717) is 16.6 Å². The SMILES string of the molecule is Nc1cc(N)c2ncccc2c1[N+](=O)[O-]. The molecule has 6 heteroatoms. The highest BCUT2D eigenvalue weighted by molar-refractivity contribution is 6.00. The molecule has 2 rings (SSSR count). The highest BCUT2D eigenvalue weighted by Gasteiger charge is 2.18. The smallest absolute Gasteiger partial charge is 0.301 e. The van der Waals surface area contributed by atoms with Crippen LogP contribution >= 0.6 is 0 Å². The zero-order valence-electron chi connectivity index (χ0n) is 7.68. The lowest BCUT2D eigenvalue weighted by Gasteiger charge is -2.04. The summed E-state index contributed by atoms with van der Waals surface area (Å²) in [6.45, 7) is 0. The number of nitrogen functional groups attached to an aromatic ring is 2. The fourth-order valence-corrected chi connectivity index (χ4v) is 1.49. The number of pyridine rings is 1. The van der Waals surface area contributed by atoms with Crippen molar-refractivity contribution in [2.24, 2.45) is 0 Å². The highest BCUT2D eigenvalue weighted by Crippen LogP contribution is 2.33. The maximum atomic E-state index is 10.8. The first-order valence-corrected chi connectivity index (χ1v) is 4.18. The van der Waals surface area contributed by atoms with Crippen LogP contribution in [0, 0.1) is 10.1 Å². The number of anilines is 2. The molecule has 0 saturated carbocycles. The van der Waals surface area contributed by atoms with E-state index >= 15 is 0 Å². The molecule has 1 aromatic heterocycles. The van der Waals surface area contributed by atoms with Gasteiger partial charge in [0.05, 0.1) is 16.0 Å². The average molecular weight is 204 g/mol. The summed E-state index contributed by atoms with van der Waals surface area (Å²) in [4.78, 5) is 14.3. The fraction of sp³-hybridized carbons (Fsp3) is 0. The number of fused-ring (bicyclic) bond motifs is 1. The third-order valence-corrected chi connectivity index (χ3v) is 2.10. The van der Waals surface area contributed by atoms with E-state index in [9.17, 15) is 10.1 Å². The van der Waals surface area contributed by atoms with Crippen molar-refractivity contribution in [3.8, 4) is 0 Å². The number of benzene rings is 1. The molecular formula is C9H8N4O2. The molecule has 15 heavy (non-hydrogen) atoms. The molecule has 0 unspecified atom stereocenters. The van der Waals surface area contributed by atoms with Gasteiger partial charge in [0.25, 0.3) is 0 Å². The van der Waals surface area contributed by atoms with E-state index in [2.05, 4.69) is 4.98 Å². The van der Waals surface area contributed by atoms with Crippen LogP contribution in [-0.4, -0.2) is 9.91 Å². The van der Waals surface area contributed by atoms with E-state index < -0.39 is 4.92 Å². The van der Waals surface area contributed by atoms with Gasteiger partial charge in [-0.25, -0.2) is 0 Å². The van der Waals surface area contributed by atoms with Crippen LogP contribution in [0.1, 0.15) is 0 Å². The minimum absolute atomic E-state index is 0.0537. The van der Waals surface area contributed by atoms with Gasteiger partial charge in [0, 0.05) is 6.20 Å². The molecule has 4 N–H and O–H groups in total. The minimum Gasteiger partial charge on any atom is -0.397 e. The monoisotopic (exact) mass is 204 g/mol. The van der Waals surface area contributed by atoms with E-state index in [1.165, 1.54) is 12.3 Å². The van der Waals surface area contributed by atoms with Gasteiger partial charge < -0.3 is 11.5 Å². The van der Waals surface area contributed by atoms with Crippen molar-refractivity contribution in [2.75, 3.05) is 11.5 Å². The van der Waals surface area contributed by atoms with E-state index in [-0.39, 0.29) is 11.4 Å². The predicted molar refractivity (Wildman–Crippen MR) is 57.2 cm³/mol. The summed E-state index contributed by atoms with van der Waals surface area (Å²) in [6.07, 6.45) is 1.53. The Bertz CT molecular complexity index is 553. The zero-order valence-corrected chi connectivity index (χ0v) is 7.68. The molecule has 1 aromatic carbocycles. The molecule has 0 saturated heterocycles. The summed E-state index contributed by atoms with van der Waals surface area (Å²) in [7, 11) is 0. The van der Waals surface area contributed by atoms with Crippen molar-refractivity contribution in [1.82, 2.24) is 4.98 Å². The highest BCUT2D eigenvalue weighted by atomic mass is 16.6. The lowest BCUT2D eigenvalue weighted by atomic mass is 10.1. The minimum atomic E-state index is -0.529. The van der Waals surface area contributed by atoms with Gasteiger partial charge in [-0.3, -0.25) is 15.1 Å². The molecule has 0 spiro atoms. The largest absolute Gasteiger partial charge is 0.397 e. The van der Waals surface area contributed by atoms with Gasteiger partial charge in [0.1, 0.15) is 11.2 Å². The summed E-state index contributed by atoms with van der Waals surface area (Å²) in [5.74, 6) is 0. The van der Waals surface area contributed by atoms with Crippen molar-refractivity contribution in [2.45, 2.75) is 0 Å². The van der Waals surface area contributed by atoms with Crippen LogP contribution < -0.4 is 11.5 Å². The van der Waals surface area contributed by atoms with Gasteiger partial charge >= 0.3 is 5.69 Å². The van der Waals surface area contributed by atoms with E-state index in [1.54, 1.807) is 12.1 Å². The number of hydrogen-bond donors (Lipinski definition) is 2. The Morgan fingerprint density at radius 1 is 1.33 bits per heavy atom. The first-order chi connectivity index (χ1) is 7.11. The van der Waals surface area contributed by atoms with Crippen LogP contribution in [-0.2, 0) is 0 Å². The molecule has 0 fully saturated rings. The Morgan fingerprint density at radius 2 is 2.07 bits per heavy atom. The second kappa shape index (κ2) is 3.09. The molecule has 0 aliphatic rings. The predicted octanol–water partition coefficient (Wildman–Crippen LogP) is 1.31. The van der Waals surface area contributed by atoms with Crippen molar-refractivity contribution in [3.63, 3.8) is 0 Å². The molecule has 0 aliphatic heterocycles. The maximum Gasteiger partial charge on any atom is 0.301 e. The standard InChI is InChI=1S/C9H8N4O2/c10-6-4-7(11)9(13(14)15)5-2-1-3-12-8(5)6/h1-4H,10-11H2. The van der Waals surface area contributed by atoms with Crippen molar-refractivity contribution in [3.05, 3.63) is 34.5 Å². The molecular weight excluding hydrogens is 196 g/mol. The van der Waals surface area contributed by atoms with Crippen LogP contribution in [0.25, 0.3) is 10.9 Å². The molecule has 0 amide bonds. The molecule has 76 valence electrons. The Kier molecular flexibility index (Phi) is 1.89. The van der Waals surface area contributed by atoms with Gasteiger partial charge in [-0.1, -0.05) is 0 Å². The van der Waals surface area contributed by atoms with Gasteiger partial charge in [-0.2, -0.15) is 0 Å². The number of nitrogens with zero attached hydrogens (tertiary/aromatic N) is 2. The van der Waals surface area contributed by atoms with Crippen LogP contribution in [0.2, 0.25) is 0 Å². The quantitative estimate of drug-likeness (QED) is 0.413. The van der Waals surface area contributed by atoms with Gasteiger partial charge in [0.2, 0.25) is 0 Å². The number of nitro benzene ring substituents is 1. The van der Waals surface area contributed by atoms with Gasteiger partial charge in [-0.05, 0) is 18.2 Å². The summed E-state index contributed by atoms with van der Waals surface area (Å²) >= 11 is 0. The maximum absolute atomic E-state index is 10.8. The van der Waals surface area contributed by atoms with E-state index in [4.69, 9.17) is 11.5 Å². The lowest BCUT2D eigenvalue weighted by Crippen LogP contribution is -2.00. The second-order valence-corrected chi connectivity index (χ2v) is 3.06. The van der Waals surface area contributed by atoms with Crippen LogP contribution in [0.15, 0.2) is 24.4 Å². The van der Waals surface area contributed by atoms with E-state index in [0.717, 1.165) is 0 Å². The number of rotatable bonds is 1. The first kappa shape index (κ1) is 9.20. The lowest BCUT2D eigenvalue weighted by molar-refractivity contribution is -0.382. The normalized spacial score (nSPS) is 10.4. The summed E-state index contributed by atoms with van der Waals surface area (Å²) in [5, 5.41) is 11.2. The number of nitro groups is 1. The Labute approximate surface area is 84.7 Å². The topological polar surface area (TPSA) is 108 Å². The molecule has 0 radical (unpaired) electrons. The van der Waals surface area contributed by atoms with Crippen LogP contribution in [0.5, 0.6) is 0 Å². The van der Waals surface area contributed by atoms with Gasteiger partial charge in [0.15, 0.2) is 0 Å². The van der Waals surface area contributed by atoms with Crippen molar-refractivity contribution in [1.29, 1.82) is 0 Å². The molecule has 1 heterocycles. The Hall–Kier alpha value is -2.37. The number of aromatic nitrogens is 1. The van der Waals surface area contributed by atoms with E-state index in [1.807, 2.05) is 0 Å². The third-order valence-electron chi connectivity index (χ3n) is 2.10. The summed E-state index contributed by atoms with van der Waals surface area (Å²) < 4.78 is 0. The molecule has 0 aliphatic carbocycles. The number of nitrogens with two attached hydrogens (primary N) is 2. The number of hydrogen-bond acceptors (Lipinski definition) is 5. The average Bonchev–Trinajstić information content (AvgIpc) is 2.17. The molecule has 0 bridgehead atoms. The molecule has 0 atom stereocenters. The summed E-state index contributed by atoms with van der Waals surface area (Å²) in [6, 6.07) is 4.54. The third kappa shape index (κ3) is 1.32. The molecule has 2 aromatic rings. The zero-order chi connectivity index (χ0) is 11.0. The van der Waals surface area contributed by atoms with Gasteiger partial charge in [-0.15, -0.1) is 0 Å². The van der Waals surface area contributed by atoms with Crippen molar-refractivity contribution >= 4 is 28.0 Å². The summed E-state index contributed by atoms with van der Waals surface area (Å²) in [5.41, 5.74) is 11.9. The van der Waals surface area contributed by atoms with Crippen LogP contribution in [0.3, 0.4) is 0 Å².